The van der Waals surface area contributed by atoms with Gasteiger partial charge in [0.15, 0.2) is 0 Å². The lowest BCUT2D eigenvalue weighted by Crippen LogP contribution is -2.39. The number of nitrogens with zero attached hydrogens (tertiary/aromatic N) is 2. The van der Waals surface area contributed by atoms with Gasteiger partial charge in [0.25, 0.3) is 0 Å². The van der Waals surface area contributed by atoms with Crippen molar-refractivity contribution in [2.45, 2.75) is 27.2 Å². The van der Waals surface area contributed by atoms with Crippen LogP contribution in [0.15, 0.2) is 18.2 Å². The van der Waals surface area contributed by atoms with Gasteiger partial charge in [-0.1, -0.05) is 26.8 Å². The van der Waals surface area contributed by atoms with Gasteiger partial charge in [0.05, 0.1) is 7.11 Å². The molecule has 0 atom stereocenters. The molecule has 0 spiro atoms. The topological polar surface area (TPSA) is 51.4 Å². The Kier molecular flexibility index (Phi) is 5.41. The molecule has 0 aliphatic rings. The highest BCUT2D eigenvalue weighted by Gasteiger charge is 2.21. The summed E-state index contributed by atoms with van der Waals surface area (Å²) >= 11 is 0. The van der Waals surface area contributed by atoms with Crippen LogP contribution in [0.5, 0.6) is 5.88 Å². The quantitative estimate of drug-likeness (QED) is 0.808. The predicted octanol–water partition coefficient (Wildman–Crippen LogP) is 2.29. The summed E-state index contributed by atoms with van der Waals surface area (Å²) in [6.07, 6.45) is 1.08. The van der Waals surface area contributed by atoms with Crippen LogP contribution in [0, 0.1) is 5.41 Å². The lowest BCUT2D eigenvalue weighted by molar-refractivity contribution is 0.373. The molecule has 0 amide bonds. The van der Waals surface area contributed by atoms with Crippen molar-refractivity contribution in [1.82, 2.24) is 4.98 Å². The van der Waals surface area contributed by atoms with Crippen molar-refractivity contribution in [3.63, 3.8) is 0 Å². The van der Waals surface area contributed by atoms with Crippen molar-refractivity contribution in [2.75, 3.05) is 31.6 Å². The minimum absolute atomic E-state index is 0.0833. The van der Waals surface area contributed by atoms with Crippen LogP contribution in [-0.4, -0.2) is 31.7 Å². The normalized spacial score (nSPS) is 11.4. The van der Waals surface area contributed by atoms with E-state index in [9.17, 15) is 0 Å². The van der Waals surface area contributed by atoms with Crippen molar-refractivity contribution in [1.29, 1.82) is 0 Å². The van der Waals surface area contributed by atoms with Gasteiger partial charge in [-0.05, 0) is 24.4 Å². The Hall–Kier alpha value is -1.29. The Bertz CT molecular complexity index is 366. The number of ether oxygens (including phenoxy) is 1. The summed E-state index contributed by atoms with van der Waals surface area (Å²) in [6, 6.07) is 5.85. The fraction of sp³-hybridized carbons (Fsp3) is 0.643. The minimum Gasteiger partial charge on any atom is -0.481 e. The molecule has 0 saturated carbocycles. The Morgan fingerprint density at radius 1 is 1.39 bits per heavy atom. The van der Waals surface area contributed by atoms with Gasteiger partial charge in [0.1, 0.15) is 5.82 Å². The van der Waals surface area contributed by atoms with Gasteiger partial charge in [-0.2, -0.15) is 4.98 Å². The molecule has 0 saturated heterocycles. The fourth-order valence-electron chi connectivity index (χ4n) is 1.82. The molecular formula is C14H25N3O. The van der Waals surface area contributed by atoms with E-state index in [0.29, 0.717) is 12.4 Å². The van der Waals surface area contributed by atoms with Gasteiger partial charge in [-0.3, -0.25) is 0 Å². The van der Waals surface area contributed by atoms with E-state index in [1.54, 1.807) is 7.11 Å². The summed E-state index contributed by atoms with van der Waals surface area (Å²) < 4.78 is 5.18. The molecule has 0 fully saturated rings. The lowest BCUT2D eigenvalue weighted by Gasteiger charge is -2.32. The average molecular weight is 251 g/mol. The molecule has 1 rings (SSSR count). The van der Waals surface area contributed by atoms with E-state index < -0.39 is 0 Å². The number of anilines is 1. The molecule has 0 aliphatic carbocycles. The molecule has 1 aromatic heterocycles. The number of hydrogen-bond donors (Lipinski definition) is 1. The van der Waals surface area contributed by atoms with Crippen LogP contribution in [0.25, 0.3) is 0 Å². The van der Waals surface area contributed by atoms with Crippen molar-refractivity contribution in [2.24, 2.45) is 11.1 Å². The van der Waals surface area contributed by atoms with Crippen molar-refractivity contribution in [3.8, 4) is 5.88 Å². The molecule has 0 radical (unpaired) electrons. The number of methoxy groups -OCH3 is 1. The number of hydrogen-bond acceptors (Lipinski definition) is 4. The SMILES string of the molecule is CCCN(CC(C)(C)CN)c1cccc(OC)n1. The Labute approximate surface area is 110 Å². The fourth-order valence-corrected chi connectivity index (χ4v) is 1.82. The maximum absolute atomic E-state index is 5.81. The first-order valence-electron chi connectivity index (χ1n) is 6.48. The highest BCUT2D eigenvalue weighted by Crippen LogP contribution is 2.21. The zero-order valence-electron chi connectivity index (χ0n) is 11.9. The van der Waals surface area contributed by atoms with Gasteiger partial charge in [-0.15, -0.1) is 0 Å². The average Bonchev–Trinajstić information content (AvgIpc) is 2.38. The smallest absolute Gasteiger partial charge is 0.214 e. The summed E-state index contributed by atoms with van der Waals surface area (Å²) in [5.74, 6) is 1.61. The second kappa shape index (κ2) is 6.59. The summed E-state index contributed by atoms with van der Waals surface area (Å²) in [5, 5.41) is 0. The summed E-state index contributed by atoms with van der Waals surface area (Å²) in [6.45, 7) is 9.06. The van der Waals surface area contributed by atoms with E-state index >= 15 is 0 Å². The zero-order chi connectivity index (χ0) is 13.6. The maximum atomic E-state index is 5.81. The highest BCUT2D eigenvalue weighted by atomic mass is 16.5. The van der Waals surface area contributed by atoms with E-state index in [2.05, 4.69) is 30.7 Å². The van der Waals surface area contributed by atoms with Crippen LogP contribution >= 0.6 is 0 Å². The van der Waals surface area contributed by atoms with E-state index in [1.165, 1.54) is 0 Å². The minimum atomic E-state index is 0.0833. The highest BCUT2D eigenvalue weighted by molar-refractivity contribution is 5.41. The van der Waals surface area contributed by atoms with Crippen molar-refractivity contribution >= 4 is 5.82 Å². The number of nitrogens with two attached hydrogens (primary N) is 1. The third-order valence-electron chi connectivity index (χ3n) is 2.91. The molecule has 0 aromatic carbocycles. The standard InChI is InChI=1S/C14H25N3O/c1-5-9-17(11-14(2,3)10-15)12-7-6-8-13(16-12)18-4/h6-8H,5,9-11,15H2,1-4H3. The zero-order valence-corrected chi connectivity index (χ0v) is 11.9. The summed E-state index contributed by atoms with van der Waals surface area (Å²) in [7, 11) is 1.64. The second-order valence-electron chi connectivity index (χ2n) is 5.33. The first-order chi connectivity index (χ1) is 8.52. The van der Waals surface area contributed by atoms with Gasteiger partial charge >= 0.3 is 0 Å². The number of rotatable bonds is 7. The molecule has 0 bridgehead atoms. The molecule has 1 aromatic rings. The van der Waals surface area contributed by atoms with Gasteiger partial charge < -0.3 is 15.4 Å². The summed E-state index contributed by atoms with van der Waals surface area (Å²) in [5.41, 5.74) is 5.90. The van der Waals surface area contributed by atoms with Crippen LogP contribution in [0.1, 0.15) is 27.2 Å². The van der Waals surface area contributed by atoms with Crippen LogP contribution < -0.4 is 15.4 Å². The largest absolute Gasteiger partial charge is 0.481 e. The molecule has 4 heteroatoms. The lowest BCUT2D eigenvalue weighted by atomic mass is 9.93. The van der Waals surface area contributed by atoms with Gasteiger partial charge in [0, 0.05) is 19.2 Å². The third-order valence-corrected chi connectivity index (χ3v) is 2.91. The van der Waals surface area contributed by atoms with Crippen molar-refractivity contribution < 1.29 is 4.74 Å². The molecule has 102 valence electrons. The second-order valence-corrected chi connectivity index (χ2v) is 5.33. The molecule has 0 aliphatic heterocycles. The molecule has 1 heterocycles. The van der Waals surface area contributed by atoms with Crippen LogP contribution in [0.4, 0.5) is 5.82 Å². The van der Waals surface area contributed by atoms with E-state index in [0.717, 1.165) is 25.3 Å². The molecule has 0 unspecified atom stereocenters. The van der Waals surface area contributed by atoms with Crippen LogP contribution in [0.3, 0.4) is 0 Å². The third kappa shape index (κ3) is 4.18. The predicted molar refractivity (Wildman–Crippen MR) is 76.1 cm³/mol. The molecular weight excluding hydrogens is 226 g/mol. The van der Waals surface area contributed by atoms with E-state index in [-0.39, 0.29) is 5.41 Å². The molecule has 4 nitrogen and oxygen atoms in total. The first-order valence-corrected chi connectivity index (χ1v) is 6.48. The van der Waals surface area contributed by atoms with Crippen LogP contribution in [0.2, 0.25) is 0 Å². The Morgan fingerprint density at radius 3 is 2.67 bits per heavy atom. The Balaban J connectivity index is 2.89. The van der Waals surface area contributed by atoms with Gasteiger partial charge in [0.2, 0.25) is 5.88 Å². The monoisotopic (exact) mass is 251 g/mol. The summed E-state index contributed by atoms with van der Waals surface area (Å²) in [4.78, 5) is 6.76. The van der Waals surface area contributed by atoms with Crippen LogP contribution in [-0.2, 0) is 0 Å². The number of aromatic nitrogens is 1. The van der Waals surface area contributed by atoms with E-state index in [4.69, 9.17) is 10.5 Å². The Morgan fingerprint density at radius 2 is 2.11 bits per heavy atom. The van der Waals surface area contributed by atoms with E-state index in [1.807, 2.05) is 18.2 Å². The molecule has 18 heavy (non-hydrogen) atoms. The van der Waals surface area contributed by atoms with Crippen molar-refractivity contribution in [3.05, 3.63) is 18.2 Å². The number of pyridine rings is 1. The first kappa shape index (κ1) is 14.8. The maximum Gasteiger partial charge on any atom is 0.214 e. The van der Waals surface area contributed by atoms with Gasteiger partial charge in [-0.25, -0.2) is 0 Å². The molecule has 2 N–H and O–H groups in total.